The van der Waals surface area contributed by atoms with Crippen LogP contribution in [0.15, 0.2) is 22.4 Å². The predicted octanol–water partition coefficient (Wildman–Crippen LogP) is 3.34. The van der Waals surface area contributed by atoms with Gasteiger partial charge in [0.25, 0.3) is 0 Å². The summed E-state index contributed by atoms with van der Waals surface area (Å²) in [6.07, 6.45) is 1.87. The van der Waals surface area contributed by atoms with E-state index >= 15 is 0 Å². The van der Waals surface area contributed by atoms with Gasteiger partial charge in [-0.1, -0.05) is 0 Å². The van der Waals surface area contributed by atoms with Gasteiger partial charge in [-0.3, -0.25) is 0 Å². The van der Waals surface area contributed by atoms with Crippen molar-refractivity contribution in [3.8, 4) is 0 Å². The number of nitrogen functional groups attached to an aromatic ring is 1. The van der Waals surface area contributed by atoms with Crippen LogP contribution in [0.25, 0.3) is 10.1 Å². The van der Waals surface area contributed by atoms with Crippen molar-refractivity contribution in [3.63, 3.8) is 0 Å². The molecule has 1 nitrogen and oxygen atoms in total. The first-order chi connectivity index (χ1) is 6.24. The van der Waals surface area contributed by atoms with Gasteiger partial charge in [0.05, 0.1) is 15.3 Å². The Morgan fingerprint density at radius 2 is 2.23 bits per heavy atom. The molecule has 0 aliphatic rings. The van der Waals surface area contributed by atoms with Crippen molar-refractivity contribution in [2.24, 2.45) is 0 Å². The molecule has 68 valence electrons. The molecule has 0 saturated heterocycles. The highest BCUT2D eigenvalue weighted by molar-refractivity contribution is 7.99. The van der Waals surface area contributed by atoms with E-state index in [0.29, 0.717) is 4.90 Å². The van der Waals surface area contributed by atoms with E-state index in [0.717, 1.165) is 15.8 Å². The second-order valence-corrected chi connectivity index (χ2v) is 4.34. The Hall–Kier alpha value is -0.740. The molecule has 1 aromatic heterocycles. The lowest BCUT2D eigenvalue weighted by Crippen LogP contribution is -1.83. The van der Waals surface area contributed by atoms with Crippen molar-refractivity contribution in [1.29, 1.82) is 0 Å². The van der Waals surface area contributed by atoms with Crippen molar-refractivity contribution in [3.05, 3.63) is 23.3 Å². The monoisotopic (exact) mass is 213 g/mol. The molecule has 2 N–H and O–H groups in total. The Balaban J connectivity index is 2.85. The molecular weight excluding hydrogens is 205 g/mol. The summed E-state index contributed by atoms with van der Waals surface area (Å²) >= 11 is 2.91. The topological polar surface area (TPSA) is 26.0 Å². The molecule has 4 heteroatoms. The van der Waals surface area contributed by atoms with Gasteiger partial charge in [-0.05, 0) is 18.4 Å². The number of fused-ring (bicyclic) bond motifs is 1. The summed E-state index contributed by atoms with van der Waals surface area (Å²) in [5, 5.41) is 2.81. The van der Waals surface area contributed by atoms with E-state index in [1.807, 2.05) is 11.6 Å². The lowest BCUT2D eigenvalue weighted by atomic mass is 10.2. The first kappa shape index (κ1) is 8.84. The smallest absolute Gasteiger partial charge is 0.138 e. The van der Waals surface area contributed by atoms with Gasteiger partial charge in [-0.2, -0.15) is 0 Å². The minimum atomic E-state index is -0.165. The summed E-state index contributed by atoms with van der Waals surface area (Å²) < 4.78 is 14.2. The molecule has 0 radical (unpaired) electrons. The van der Waals surface area contributed by atoms with E-state index in [1.54, 1.807) is 6.07 Å². The molecule has 0 spiro atoms. The van der Waals surface area contributed by atoms with Crippen molar-refractivity contribution >= 4 is 38.9 Å². The molecule has 13 heavy (non-hydrogen) atoms. The maximum atomic E-state index is 13.3. The Morgan fingerprint density at radius 3 is 2.92 bits per heavy atom. The van der Waals surface area contributed by atoms with E-state index in [9.17, 15) is 4.39 Å². The van der Waals surface area contributed by atoms with E-state index in [2.05, 4.69) is 0 Å². The summed E-state index contributed by atoms with van der Waals surface area (Å²) in [5.41, 5.74) is 6.46. The molecule has 1 heterocycles. The van der Waals surface area contributed by atoms with Crippen molar-refractivity contribution in [2.45, 2.75) is 4.90 Å². The Bertz CT molecular complexity index is 450. The fourth-order valence-corrected chi connectivity index (χ4v) is 3.10. The third-order valence-corrected chi connectivity index (χ3v) is 3.85. The number of hydrogen-bond acceptors (Lipinski definition) is 3. The third kappa shape index (κ3) is 1.30. The van der Waals surface area contributed by atoms with Gasteiger partial charge < -0.3 is 5.73 Å². The average Bonchev–Trinajstić information content (AvgIpc) is 2.48. The highest BCUT2D eigenvalue weighted by atomic mass is 32.2. The van der Waals surface area contributed by atoms with Crippen LogP contribution < -0.4 is 5.73 Å². The first-order valence-corrected chi connectivity index (χ1v) is 5.83. The highest BCUT2D eigenvalue weighted by Crippen LogP contribution is 2.36. The number of nitrogens with two attached hydrogens (primary N) is 1. The summed E-state index contributed by atoms with van der Waals surface area (Å²) in [6.45, 7) is 0. The second kappa shape index (κ2) is 3.20. The van der Waals surface area contributed by atoms with E-state index in [-0.39, 0.29) is 5.82 Å². The maximum absolute atomic E-state index is 13.3. The zero-order valence-electron chi connectivity index (χ0n) is 7.00. The summed E-state index contributed by atoms with van der Waals surface area (Å²) in [4.78, 5) is 0.694. The van der Waals surface area contributed by atoms with E-state index < -0.39 is 0 Å². The standard InChI is InChI=1S/C9H8FNS2/c1-12-9-6(10)3-2-5-7(11)4-13-8(5)9/h2-4H,11H2,1H3. The fraction of sp³-hybridized carbons (Fsp3) is 0.111. The van der Waals surface area contributed by atoms with Crippen LogP contribution in [-0.4, -0.2) is 6.26 Å². The largest absolute Gasteiger partial charge is 0.398 e. The Morgan fingerprint density at radius 1 is 1.46 bits per heavy atom. The van der Waals surface area contributed by atoms with Crippen molar-refractivity contribution in [2.75, 3.05) is 12.0 Å². The zero-order valence-corrected chi connectivity index (χ0v) is 8.64. The van der Waals surface area contributed by atoms with Crippen LogP contribution in [0.1, 0.15) is 0 Å². The summed E-state index contributed by atoms with van der Waals surface area (Å²) in [6, 6.07) is 3.20. The van der Waals surface area contributed by atoms with Gasteiger partial charge in [0.15, 0.2) is 0 Å². The number of hydrogen-bond donors (Lipinski definition) is 1. The maximum Gasteiger partial charge on any atom is 0.138 e. The van der Waals surface area contributed by atoms with Gasteiger partial charge in [-0.15, -0.1) is 23.1 Å². The molecule has 0 aliphatic carbocycles. The van der Waals surface area contributed by atoms with Crippen LogP contribution in [-0.2, 0) is 0 Å². The van der Waals surface area contributed by atoms with Crippen LogP contribution in [0.3, 0.4) is 0 Å². The van der Waals surface area contributed by atoms with Crippen LogP contribution in [0.4, 0.5) is 10.1 Å². The van der Waals surface area contributed by atoms with Gasteiger partial charge in [0.1, 0.15) is 5.82 Å². The lowest BCUT2D eigenvalue weighted by Gasteiger charge is -2.00. The Kier molecular flexibility index (Phi) is 2.17. The molecule has 0 aliphatic heterocycles. The molecule has 0 amide bonds. The third-order valence-electron chi connectivity index (χ3n) is 1.88. The molecule has 0 fully saturated rings. The number of thioether (sulfide) groups is 1. The average molecular weight is 213 g/mol. The zero-order chi connectivity index (χ0) is 9.42. The van der Waals surface area contributed by atoms with Crippen LogP contribution in [0.2, 0.25) is 0 Å². The molecular formula is C9H8FNS2. The quantitative estimate of drug-likeness (QED) is 0.735. The molecule has 0 bridgehead atoms. The van der Waals surface area contributed by atoms with Gasteiger partial charge in [-0.25, -0.2) is 4.39 Å². The SMILES string of the molecule is CSc1c(F)ccc2c(N)csc12. The van der Waals surface area contributed by atoms with E-state index in [4.69, 9.17) is 5.73 Å². The van der Waals surface area contributed by atoms with Gasteiger partial charge in [0.2, 0.25) is 0 Å². The first-order valence-electron chi connectivity index (χ1n) is 3.73. The molecule has 1 aromatic carbocycles. The highest BCUT2D eigenvalue weighted by Gasteiger charge is 2.09. The number of anilines is 1. The minimum absolute atomic E-state index is 0.165. The van der Waals surface area contributed by atoms with Crippen LogP contribution in [0, 0.1) is 5.82 Å². The molecule has 0 saturated carbocycles. The number of thiophene rings is 1. The van der Waals surface area contributed by atoms with Crippen molar-refractivity contribution < 1.29 is 4.39 Å². The fourth-order valence-electron chi connectivity index (χ4n) is 1.26. The molecule has 0 atom stereocenters. The van der Waals surface area contributed by atoms with Gasteiger partial charge >= 0.3 is 0 Å². The Labute approximate surface area is 83.7 Å². The number of rotatable bonds is 1. The normalized spacial score (nSPS) is 10.9. The summed E-state index contributed by atoms with van der Waals surface area (Å²) in [5.74, 6) is -0.165. The minimum Gasteiger partial charge on any atom is -0.398 e. The second-order valence-electron chi connectivity index (χ2n) is 2.65. The van der Waals surface area contributed by atoms with Crippen molar-refractivity contribution in [1.82, 2.24) is 0 Å². The molecule has 2 aromatic rings. The molecule has 2 rings (SSSR count). The number of halogens is 1. The van der Waals surface area contributed by atoms with Crippen LogP contribution in [0.5, 0.6) is 0 Å². The summed E-state index contributed by atoms with van der Waals surface area (Å²) in [7, 11) is 0. The van der Waals surface area contributed by atoms with E-state index in [1.165, 1.54) is 29.2 Å². The number of benzene rings is 1. The lowest BCUT2D eigenvalue weighted by molar-refractivity contribution is 0.606. The van der Waals surface area contributed by atoms with Gasteiger partial charge in [0, 0.05) is 10.8 Å². The molecule has 0 unspecified atom stereocenters. The van der Waals surface area contributed by atoms with Crippen LogP contribution >= 0.6 is 23.1 Å². The predicted molar refractivity (Wildman–Crippen MR) is 58.0 cm³/mol.